The van der Waals surface area contributed by atoms with Gasteiger partial charge in [0.2, 0.25) is 0 Å². The van der Waals surface area contributed by atoms with Crippen molar-refractivity contribution >= 4 is 0 Å². The van der Waals surface area contributed by atoms with Crippen LogP contribution < -0.4 is 5.73 Å². The second-order valence-corrected chi connectivity index (χ2v) is 5.18. The molecule has 0 bridgehead atoms. The summed E-state index contributed by atoms with van der Waals surface area (Å²) in [7, 11) is 1.98. The molecule has 2 rings (SSSR count). The number of hydrogen-bond acceptors (Lipinski definition) is 2. The van der Waals surface area contributed by atoms with Crippen molar-refractivity contribution in [1.82, 2.24) is 9.78 Å². The van der Waals surface area contributed by atoms with E-state index in [-0.39, 0.29) is 6.04 Å². The Morgan fingerprint density at radius 2 is 1.84 bits per heavy atom. The molecule has 2 aromatic rings. The van der Waals surface area contributed by atoms with E-state index in [1.165, 1.54) is 22.4 Å². The molecule has 0 aliphatic heterocycles. The number of aromatic nitrogens is 2. The lowest BCUT2D eigenvalue weighted by atomic mass is 9.97. The molecule has 1 atom stereocenters. The van der Waals surface area contributed by atoms with E-state index in [9.17, 15) is 0 Å². The molecule has 2 N–H and O–H groups in total. The molecule has 3 nitrogen and oxygen atoms in total. The third-order valence-electron chi connectivity index (χ3n) is 3.90. The standard InChI is InChI=1S/C16H23N3/c1-5-13-6-8-14(9-7-13)16(17)10-15-11(2)18-19(4)12(15)3/h6-9,16H,5,10,17H2,1-4H3. The SMILES string of the molecule is CCc1ccc(C(N)Cc2c(C)nn(C)c2C)cc1. The summed E-state index contributed by atoms with van der Waals surface area (Å²) in [6, 6.07) is 8.65. The number of hydrogen-bond donors (Lipinski definition) is 1. The van der Waals surface area contributed by atoms with Gasteiger partial charge in [-0.3, -0.25) is 4.68 Å². The fourth-order valence-corrected chi connectivity index (χ4v) is 2.45. The van der Waals surface area contributed by atoms with Crippen LogP contribution in [0.25, 0.3) is 0 Å². The summed E-state index contributed by atoms with van der Waals surface area (Å²) in [5.74, 6) is 0. The maximum Gasteiger partial charge on any atom is 0.0629 e. The van der Waals surface area contributed by atoms with Gasteiger partial charge in [-0.2, -0.15) is 5.10 Å². The van der Waals surface area contributed by atoms with E-state index in [1.807, 2.05) is 11.7 Å². The van der Waals surface area contributed by atoms with Crippen molar-refractivity contribution in [3.05, 3.63) is 52.3 Å². The van der Waals surface area contributed by atoms with Gasteiger partial charge in [-0.05, 0) is 43.4 Å². The maximum absolute atomic E-state index is 6.33. The molecule has 1 aromatic carbocycles. The summed E-state index contributed by atoms with van der Waals surface area (Å²) in [5.41, 5.74) is 12.4. The average molecular weight is 257 g/mol. The van der Waals surface area contributed by atoms with Crippen LogP contribution in [-0.2, 0) is 19.9 Å². The predicted molar refractivity (Wildman–Crippen MR) is 79.1 cm³/mol. The van der Waals surface area contributed by atoms with Crippen LogP contribution in [0, 0.1) is 13.8 Å². The summed E-state index contributed by atoms with van der Waals surface area (Å²) >= 11 is 0. The Kier molecular flexibility index (Phi) is 4.05. The van der Waals surface area contributed by atoms with E-state index in [4.69, 9.17) is 5.73 Å². The lowest BCUT2D eigenvalue weighted by Crippen LogP contribution is -2.14. The molecule has 0 aliphatic carbocycles. The van der Waals surface area contributed by atoms with Gasteiger partial charge >= 0.3 is 0 Å². The van der Waals surface area contributed by atoms with Crippen LogP contribution in [0.2, 0.25) is 0 Å². The molecule has 0 aliphatic rings. The highest BCUT2D eigenvalue weighted by molar-refractivity contribution is 5.30. The Morgan fingerprint density at radius 3 is 2.32 bits per heavy atom. The van der Waals surface area contributed by atoms with Crippen LogP contribution in [-0.4, -0.2) is 9.78 Å². The summed E-state index contributed by atoms with van der Waals surface area (Å²) < 4.78 is 1.93. The van der Waals surface area contributed by atoms with Crippen LogP contribution in [0.4, 0.5) is 0 Å². The van der Waals surface area contributed by atoms with Gasteiger partial charge in [0.1, 0.15) is 0 Å². The summed E-state index contributed by atoms with van der Waals surface area (Å²) in [6.45, 7) is 6.31. The van der Waals surface area contributed by atoms with Crippen LogP contribution in [0.1, 0.15) is 41.0 Å². The molecule has 0 radical (unpaired) electrons. The molecule has 0 saturated heterocycles. The first-order valence-electron chi connectivity index (χ1n) is 6.86. The zero-order valence-corrected chi connectivity index (χ0v) is 12.3. The van der Waals surface area contributed by atoms with Gasteiger partial charge in [-0.25, -0.2) is 0 Å². The van der Waals surface area contributed by atoms with Crippen molar-refractivity contribution in [3.63, 3.8) is 0 Å². The zero-order valence-electron chi connectivity index (χ0n) is 12.3. The molecule has 19 heavy (non-hydrogen) atoms. The van der Waals surface area contributed by atoms with Gasteiger partial charge in [-0.1, -0.05) is 31.2 Å². The molecular weight excluding hydrogens is 234 g/mol. The minimum absolute atomic E-state index is 0.0347. The van der Waals surface area contributed by atoms with Crippen molar-refractivity contribution in [2.75, 3.05) is 0 Å². The molecule has 1 aromatic heterocycles. The van der Waals surface area contributed by atoms with Crippen LogP contribution in [0.3, 0.4) is 0 Å². The average Bonchev–Trinajstić information content (AvgIpc) is 2.65. The van der Waals surface area contributed by atoms with Gasteiger partial charge in [0.15, 0.2) is 0 Å². The van der Waals surface area contributed by atoms with Crippen LogP contribution >= 0.6 is 0 Å². The lowest BCUT2D eigenvalue weighted by Gasteiger charge is -2.13. The van der Waals surface area contributed by atoms with Gasteiger partial charge in [-0.15, -0.1) is 0 Å². The highest BCUT2D eigenvalue weighted by Crippen LogP contribution is 2.21. The molecule has 0 saturated carbocycles. The fourth-order valence-electron chi connectivity index (χ4n) is 2.45. The number of benzene rings is 1. The van der Waals surface area contributed by atoms with Gasteiger partial charge in [0.25, 0.3) is 0 Å². The predicted octanol–water partition coefficient (Wildman–Crippen LogP) is 2.84. The van der Waals surface area contributed by atoms with E-state index in [2.05, 4.69) is 50.1 Å². The smallest absolute Gasteiger partial charge is 0.0629 e. The minimum atomic E-state index is 0.0347. The van der Waals surface area contributed by atoms with Crippen molar-refractivity contribution in [1.29, 1.82) is 0 Å². The van der Waals surface area contributed by atoms with Crippen molar-refractivity contribution in [2.45, 2.75) is 39.7 Å². The monoisotopic (exact) mass is 257 g/mol. The normalized spacial score (nSPS) is 12.7. The quantitative estimate of drug-likeness (QED) is 0.915. The van der Waals surface area contributed by atoms with Gasteiger partial charge in [0.05, 0.1) is 5.69 Å². The van der Waals surface area contributed by atoms with Crippen molar-refractivity contribution in [2.24, 2.45) is 12.8 Å². The topological polar surface area (TPSA) is 43.8 Å². The zero-order chi connectivity index (χ0) is 14.0. The third-order valence-corrected chi connectivity index (χ3v) is 3.90. The number of nitrogens with two attached hydrogens (primary N) is 1. The molecule has 3 heteroatoms. The Morgan fingerprint density at radius 1 is 1.21 bits per heavy atom. The number of nitrogens with zero attached hydrogens (tertiary/aromatic N) is 2. The molecule has 0 amide bonds. The summed E-state index contributed by atoms with van der Waals surface area (Å²) in [4.78, 5) is 0. The number of aryl methyl sites for hydroxylation is 3. The first-order chi connectivity index (χ1) is 9.02. The molecular formula is C16H23N3. The Bertz CT molecular complexity index is 552. The molecule has 1 unspecified atom stereocenters. The van der Waals surface area contributed by atoms with Crippen LogP contribution in [0.15, 0.2) is 24.3 Å². The molecule has 102 valence electrons. The van der Waals surface area contributed by atoms with E-state index >= 15 is 0 Å². The molecule has 0 fully saturated rings. The highest BCUT2D eigenvalue weighted by Gasteiger charge is 2.14. The van der Waals surface area contributed by atoms with Gasteiger partial charge in [0, 0.05) is 18.8 Å². The Labute approximate surface area is 115 Å². The molecule has 1 heterocycles. The Hall–Kier alpha value is -1.61. The molecule has 0 spiro atoms. The third kappa shape index (κ3) is 2.87. The van der Waals surface area contributed by atoms with Crippen LogP contribution in [0.5, 0.6) is 0 Å². The van der Waals surface area contributed by atoms with Gasteiger partial charge < -0.3 is 5.73 Å². The fraction of sp³-hybridized carbons (Fsp3) is 0.438. The second kappa shape index (κ2) is 5.57. The van der Waals surface area contributed by atoms with E-state index < -0.39 is 0 Å². The Balaban J connectivity index is 2.17. The lowest BCUT2D eigenvalue weighted by molar-refractivity contribution is 0.707. The van der Waals surface area contributed by atoms with E-state index in [0.29, 0.717) is 0 Å². The first-order valence-corrected chi connectivity index (χ1v) is 6.86. The largest absolute Gasteiger partial charge is 0.324 e. The first kappa shape index (κ1) is 13.8. The summed E-state index contributed by atoms with van der Waals surface area (Å²) in [6.07, 6.45) is 1.91. The number of rotatable bonds is 4. The van der Waals surface area contributed by atoms with E-state index in [1.54, 1.807) is 0 Å². The summed E-state index contributed by atoms with van der Waals surface area (Å²) in [5, 5.41) is 4.45. The van der Waals surface area contributed by atoms with E-state index in [0.717, 1.165) is 18.5 Å². The highest BCUT2D eigenvalue weighted by atomic mass is 15.3. The maximum atomic E-state index is 6.33. The second-order valence-electron chi connectivity index (χ2n) is 5.18. The van der Waals surface area contributed by atoms with Crippen molar-refractivity contribution in [3.8, 4) is 0 Å². The van der Waals surface area contributed by atoms with Crippen molar-refractivity contribution < 1.29 is 0 Å². The minimum Gasteiger partial charge on any atom is -0.324 e.